The van der Waals surface area contributed by atoms with Gasteiger partial charge in [-0.2, -0.15) is 0 Å². The van der Waals surface area contributed by atoms with Crippen LogP contribution in [0.3, 0.4) is 0 Å². The van der Waals surface area contributed by atoms with Crippen molar-refractivity contribution < 1.29 is 4.74 Å². The van der Waals surface area contributed by atoms with E-state index in [1.807, 2.05) is 6.20 Å². The molecule has 0 aromatic carbocycles. The number of rotatable bonds is 9. The summed E-state index contributed by atoms with van der Waals surface area (Å²) in [4.78, 5) is 6.63. The van der Waals surface area contributed by atoms with Crippen molar-refractivity contribution in [2.45, 2.75) is 26.3 Å². The molecular formula is C15H25N3O. The average Bonchev–Trinajstić information content (AvgIpc) is 3.26. The normalized spacial score (nSPS) is 14.6. The van der Waals surface area contributed by atoms with Crippen LogP contribution in [0.5, 0.6) is 0 Å². The fourth-order valence-electron chi connectivity index (χ4n) is 1.87. The zero-order valence-electron chi connectivity index (χ0n) is 12.1. The average molecular weight is 263 g/mol. The summed E-state index contributed by atoms with van der Waals surface area (Å²) >= 11 is 0. The molecule has 0 atom stereocenters. The summed E-state index contributed by atoms with van der Waals surface area (Å²) in [6, 6.07) is 4.21. The number of ether oxygens (including phenoxy) is 1. The van der Waals surface area contributed by atoms with Crippen molar-refractivity contribution in [3.8, 4) is 0 Å². The van der Waals surface area contributed by atoms with Crippen LogP contribution >= 0.6 is 0 Å². The molecular weight excluding hydrogens is 238 g/mol. The molecule has 19 heavy (non-hydrogen) atoms. The quantitative estimate of drug-likeness (QED) is 0.692. The number of aromatic nitrogens is 1. The van der Waals surface area contributed by atoms with Crippen molar-refractivity contribution >= 4 is 5.82 Å². The van der Waals surface area contributed by atoms with Crippen molar-refractivity contribution in [2.75, 3.05) is 38.3 Å². The molecule has 0 saturated heterocycles. The minimum atomic E-state index is 0.786. The fourth-order valence-corrected chi connectivity index (χ4v) is 1.87. The topological polar surface area (TPSA) is 37.4 Å². The Morgan fingerprint density at radius 1 is 1.42 bits per heavy atom. The van der Waals surface area contributed by atoms with E-state index in [2.05, 4.69) is 41.3 Å². The Balaban J connectivity index is 1.69. The third kappa shape index (κ3) is 5.17. The first-order valence-corrected chi connectivity index (χ1v) is 7.24. The standard InChI is InChI=1S/C15H25N3O/c1-3-16-10-14-6-7-15(17-11-14)18(2)8-9-19-12-13-4-5-13/h6-7,11,13,16H,3-5,8-10,12H2,1-2H3. The summed E-state index contributed by atoms with van der Waals surface area (Å²) < 4.78 is 5.65. The largest absolute Gasteiger partial charge is 0.379 e. The van der Waals surface area contributed by atoms with E-state index >= 15 is 0 Å². The Morgan fingerprint density at radius 2 is 2.26 bits per heavy atom. The molecule has 1 fully saturated rings. The van der Waals surface area contributed by atoms with E-state index in [4.69, 9.17) is 4.74 Å². The molecule has 0 unspecified atom stereocenters. The molecule has 4 heteroatoms. The lowest BCUT2D eigenvalue weighted by Crippen LogP contribution is -2.24. The summed E-state index contributed by atoms with van der Waals surface area (Å²) in [5, 5.41) is 3.30. The van der Waals surface area contributed by atoms with Gasteiger partial charge in [-0.15, -0.1) is 0 Å². The zero-order chi connectivity index (χ0) is 13.5. The third-order valence-corrected chi connectivity index (χ3v) is 3.40. The summed E-state index contributed by atoms with van der Waals surface area (Å²) in [5.41, 5.74) is 1.23. The van der Waals surface area contributed by atoms with E-state index in [9.17, 15) is 0 Å². The van der Waals surface area contributed by atoms with Crippen LogP contribution in [0.4, 0.5) is 5.82 Å². The number of pyridine rings is 1. The second-order valence-corrected chi connectivity index (χ2v) is 5.24. The first-order chi connectivity index (χ1) is 9.29. The van der Waals surface area contributed by atoms with Crippen LogP contribution in [0, 0.1) is 5.92 Å². The summed E-state index contributed by atoms with van der Waals surface area (Å²) in [6.45, 7) is 6.60. The van der Waals surface area contributed by atoms with E-state index < -0.39 is 0 Å². The van der Waals surface area contributed by atoms with Crippen molar-refractivity contribution in [2.24, 2.45) is 5.92 Å². The highest BCUT2D eigenvalue weighted by Gasteiger charge is 2.20. The minimum Gasteiger partial charge on any atom is -0.379 e. The Morgan fingerprint density at radius 3 is 2.89 bits per heavy atom. The van der Waals surface area contributed by atoms with Crippen molar-refractivity contribution in [3.05, 3.63) is 23.9 Å². The van der Waals surface area contributed by atoms with Gasteiger partial charge in [0.1, 0.15) is 5.82 Å². The second-order valence-electron chi connectivity index (χ2n) is 5.24. The van der Waals surface area contributed by atoms with Crippen LogP contribution < -0.4 is 10.2 Å². The van der Waals surface area contributed by atoms with Crippen LogP contribution in [-0.2, 0) is 11.3 Å². The third-order valence-electron chi connectivity index (χ3n) is 3.40. The molecule has 1 aliphatic carbocycles. The molecule has 1 saturated carbocycles. The maximum absolute atomic E-state index is 5.65. The SMILES string of the molecule is CCNCc1ccc(N(C)CCOCC2CC2)nc1. The van der Waals surface area contributed by atoms with Crippen LogP contribution in [0.15, 0.2) is 18.3 Å². The maximum Gasteiger partial charge on any atom is 0.128 e. The van der Waals surface area contributed by atoms with E-state index in [1.54, 1.807) is 0 Å². The fraction of sp³-hybridized carbons (Fsp3) is 0.667. The van der Waals surface area contributed by atoms with Gasteiger partial charge in [0, 0.05) is 32.9 Å². The van der Waals surface area contributed by atoms with Crippen LogP contribution in [0.25, 0.3) is 0 Å². The van der Waals surface area contributed by atoms with Gasteiger partial charge in [-0.1, -0.05) is 13.0 Å². The van der Waals surface area contributed by atoms with E-state index in [0.717, 1.165) is 44.6 Å². The Labute approximate surface area is 116 Å². The Bertz CT molecular complexity index is 362. The summed E-state index contributed by atoms with van der Waals surface area (Å²) in [6.07, 6.45) is 4.65. The van der Waals surface area contributed by atoms with Gasteiger partial charge in [0.2, 0.25) is 0 Å². The van der Waals surface area contributed by atoms with Gasteiger partial charge in [0.05, 0.1) is 6.61 Å². The highest BCUT2D eigenvalue weighted by Crippen LogP contribution is 2.28. The van der Waals surface area contributed by atoms with Crippen LogP contribution in [0.2, 0.25) is 0 Å². The predicted octanol–water partition coefficient (Wildman–Crippen LogP) is 2.05. The number of likely N-dealkylation sites (N-methyl/N-ethyl adjacent to an activating group) is 1. The number of hydrogen-bond donors (Lipinski definition) is 1. The lowest BCUT2D eigenvalue weighted by Gasteiger charge is -2.18. The number of hydrogen-bond acceptors (Lipinski definition) is 4. The zero-order valence-corrected chi connectivity index (χ0v) is 12.1. The van der Waals surface area contributed by atoms with Crippen molar-refractivity contribution in [1.29, 1.82) is 0 Å². The Kier molecular flexibility index (Phi) is 5.61. The van der Waals surface area contributed by atoms with Crippen LogP contribution in [0.1, 0.15) is 25.3 Å². The lowest BCUT2D eigenvalue weighted by molar-refractivity contribution is 0.131. The van der Waals surface area contributed by atoms with E-state index in [1.165, 1.54) is 18.4 Å². The maximum atomic E-state index is 5.65. The van der Waals surface area contributed by atoms with Gasteiger partial charge in [0.15, 0.2) is 0 Å². The molecule has 2 rings (SSSR count). The second kappa shape index (κ2) is 7.46. The van der Waals surface area contributed by atoms with Crippen molar-refractivity contribution in [1.82, 2.24) is 10.3 Å². The number of anilines is 1. The molecule has 1 heterocycles. The summed E-state index contributed by atoms with van der Waals surface area (Å²) in [5.74, 6) is 1.85. The highest BCUT2D eigenvalue weighted by atomic mass is 16.5. The van der Waals surface area contributed by atoms with Crippen LogP contribution in [-0.4, -0.2) is 38.3 Å². The highest BCUT2D eigenvalue weighted by molar-refractivity contribution is 5.38. The summed E-state index contributed by atoms with van der Waals surface area (Å²) in [7, 11) is 2.06. The molecule has 0 bridgehead atoms. The molecule has 0 amide bonds. The van der Waals surface area contributed by atoms with Gasteiger partial charge in [0.25, 0.3) is 0 Å². The smallest absolute Gasteiger partial charge is 0.128 e. The molecule has 1 N–H and O–H groups in total. The van der Waals surface area contributed by atoms with E-state index in [-0.39, 0.29) is 0 Å². The van der Waals surface area contributed by atoms with Gasteiger partial charge in [-0.3, -0.25) is 0 Å². The van der Waals surface area contributed by atoms with Gasteiger partial charge in [-0.25, -0.2) is 4.98 Å². The number of nitrogens with one attached hydrogen (secondary N) is 1. The first-order valence-electron chi connectivity index (χ1n) is 7.24. The van der Waals surface area contributed by atoms with E-state index in [0.29, 0.717) is 0 Å². The molecule has 0 spiro atoms. The molecule has 1 aromatic heterocycles. The molecule has 1 aliphatic rings. The molecule has 0 radical (unpaired) electrons. The minimum absolute atomic E-state index is 0.786. The monoisotopic (exact) mass is 263 g/mol. The van der Waals surface area contributed by atoms with Gasteiger partial charge < -0.3 is 15.0 Å². The molecule has 4 nitrogen and oxygen atoms in total. The molecule has 0 aliphatic heterocycles. The van der Waals surface area contributed by atoms with Gasteiger partial charge >= 0.3 is 0 Å². The lowest BCUT2D eigenvalue weighted by atomic mass is 10.3. The Hall–Kier alpha value is -1.13. The molecule has 106 valence electrons. The molecule has 1 aromatic rings. The first kappa shape index (κ1) is 14.3. The van der Waals surface area contributed by atoms with Gasteiger partial charge in [-0.05, 0) is 36.9 Å². The predicted molar refractivity (Wildman–Crippen MR) is 78.4 cm³/mol. The number of nitrogens with zero attached hydrogens (tertiary/aromatic N) is 2. The van der Waals surface area contributed by atoms with Crippen molar-refractivity contribution in [3.63, 3.8) is 0 Å².